The number of alkyl carbamates (subject to hydrolysis) is 1. The topological polar surface area (TPSA) is 102 Å². The highest BCUT2D eigenvalue weighted by Crippen LogP contribution is 2.14. The molecule has 1 atom stereocenters. The second-order valence-electron chi connectivity index (χ2n) is 4.89. The summed E-state index contributed by atoms with van der Waals surface area (Å²) in [7, 11) is 0. The first-order chi connectivity index (χ1) is 9.35. The second-order valence-corrected chi connectivity index (χ2v) is 4.89. The summed E-state index contributed by atoms with van der Waals surface area (Å²) in [5.74, 6) is -1.18. The van der Waals surface area contributed by atoms with Crippen LogP contribution in [0.3, 0.4) is 0 Å². The van der Waals surface area contributed by atoms with Gasteiger partial charge in [-0.3, -0.25) is 9.59 Å². The molecule has 0 spiro atoms. The van der Waals surface area contributed by atoms with Crippen molar-refractivity contribution < 1.29 is 29.0 Å². The van der Waals surface area contributed by atoms with Gasteiger partial charge in [0.15, 0.2) is 0 Å². The highest BCUT2D eigenvalue weighted by molar-refractivity contribution is 5.70. The van der Waals surface area contributed by atoms with Crippen LogP contribution in [0.15, 0.2) is 0 Å². The van der Waals surface area contributed by atoms with Crippen LogP contribution in [0.2, 0.25) is 0 Å². The molecule has 1 amide bonds. The highest BCUT2D eigenvalue weighted by atomic mass is 16.7. The number of ether oxygens (including phenoxy) is 2. The standard InChI is InChI=1S/C13H23NO6/c1-4-12(17)19-8-20-13(18)14-7-10(5-9(2)3)6-11(15)16/h9-10H,4-8H2,1-3H3,(H,14,18)(H,15,16). The van der Waals surface area contributed by atoms with Crippen molar-refractivity contribution in [3.05, 3.63) is 0 Å². The molecule has 0 bridgehead atoms. The zero-order valence-electron chi connectivity index (χ0n) is 12.2. The third-order valence-electron chi connectivity index (χ3n) is 2.50. The van der Waals surface area contributed by atoms with Gasteiger partial charge in [-0.25, -0.2) is 4.79 Å². The average molecular weight is 289 g/mol. The molecule has 7 heteroatoms. The van der Waals surface area contributed by atoms with Gasteiger partial charge in [-0.05, 0) is 18.3 Å². The lowest BCUT2D eigenvalue weighted by Crippen LogP contribution is -2.32. The Bertz CT molecular complexity index is 329. The maximum atomic E-state index is 11.3. The number of carbonyl (C=O) groups is 3. The number of esters is 1. The van der Waals surface area contributed by atoms with Gasteiger partial charge in [-0.1, -0.05) is 20.8 Å². The number of rotatable bonds is 9. The fraction of sp³-hybridized carbons (Fsp3) is 0.769. The van der Waals surface area contributed by atoms with Gasteiger partial charge in [0, 0.05) is 19.4 Å². The van der Waals surface area contributed by atoms with Gasteiger partial charge in [0.05, 0.1) is 0 Å². The van der Waals surface area contributed by atoms with E-state index < -0.39 is 24.8 Å². The van der Waals surface area contributed by atoms with E-state index in [2.05, 4.69) is 14.8 Å². The average Bonchev–Trinajstić information content (AvgIpc) is 2.34. The van der Waals surface area contributed by atoms with Gasteiger partial charge in [0.25, 0.3) is 0 Å². The van der Waals surface area contributed by atoms with Gasteiger partial charge in [-0.15, -0.1) is 0 Å². The molecule has 0 aromatic rings. The Labute approximate surface area is 118 Å². The van der Waals surface area contributed by atoms with E-state index in [0.717, 1.165) is 0 Å². The van der Waals surface area contributed by atoms with Gasteiger partial charge >= 0.3 is 18.0 Å². The van der Waals surface area contributed by atoms with Crippen molar-refractivity contribution in [2.75, 3.05) is 13.3 Å². The number of hydrogen-bond donors (Lipinski definition) is 2. The van der Waals surface area contributed by atoms with E-state index in [4.69, 9.17) is 5.11 Å². The smallest absolute Gasteiger partial charge is 0.410 e. The largest absolute Gasteiger partial charge is 0.481 e. The number of nitrogens with one attached hydrogen (secondary N) is 1. The summed E-state index contributed by atoms with van der Waals surface area (Å²) in [6.45, 7) is 5.37. The summed E-state index contributed by atoms with van der Waals surface area (Å²) in [6, 6.07) is 0. The molecule has 2 N–H and O–H groups in total. The van der Waals surface area contributed by atoms with Crippen LogP contribution in [0.1, 0.15) is 40.0 Å². The summed E-state index contributed by atoms with van der Waals surface area (Å²) in [5.41, 5.74) is 0. The van der Waals surface area contributed by atoms with Crippen LogP contribution < -0.4 is 5.32 Å². The first-order valence-electron chi connectivity index (χ1n) is 6.63. The monoisotopic (exact) mass is 289 g/mol. The number of amides is 1. The normalized spacial score (nSPS) is 11.8. The Morgan fingerprint density at radius 3 is 2.35 bits per heavy atom. The molecule has 20 heavy (non-hydrogen) atoms. The van der Waals surface area contributed by atoms with E-state index in [0.29, 0.717) is 12.3 Å². The number of carboxylic acids is 1. The lowest BCUT2D eigenvalue weighted by atomic mass is 9.94. The highest BCUT2D eigenvalue weighted by Gasteiger charge is 2.16. The van der Waals surface area contributed by atoms with E-state index in [1.807, 2.05) is 13.8 Å². The summed E-state index contributed by atoms with van der Waals surface area (Å²) >= 11 is 0. The summed E-state index contributed by atoms with van der Waals surface area (Å²) in [5, 5.41) is 11.3. The molecule has 7 nitrogen and oxygen atoms in total. The molecule has 0 aliphatic heterocycles. The molecule has 1 unspecified atom stereocenters. The van der Waals surface area contributed by atoms with Crippen LogP contribution in [0.4, 0.5) is 4.79 Å². The number of aliphatic carboxylic acids is 1. The van der Waals surface area contributed by atoms with Gasteiger partial charge in [0.2, 0.25) is 6.79 Å². The van der Waals surface area contributed by atoms with Crippen LogP contribution in [-0.4, -0.2) is 36.5 Å². The van der Waals surface area contributed by atoms with E-state index in [1.54, 1.807) is 6.92 Å². The van der Waals surface area contributed by atoms with Crippen LogP contribution in [0.25, 0.3) is 0 Å². The van der Waals surface area contributed by atoms with Crippen molar-refractivity contribution >= 4 is 18.0 Å². The van der Waals surface area contributed by atoms with Crippen molar-refractivity contribution in [1.82, 2.24) is 5.32 Å². The summed E-state index contributed by atoms with van der Waals surface area (Å²) in [6.07, 6.45) is 0.161. The molecule has 0 aliphatic carbocycles. The number of carboxylic acid groups (broad SMARTS) is 1. The molecule has 0 aliphatic rings. The van der Waals surface area contributed by atoms with E-state index in [-0.39, 0.29) is 25.3 Å². The lowest BCUT2D eigenvalue weighted by molar-refractivity contribution is -0.151. The number of hydrogen-bond acceptors (Lipinski definition) is 5. The fourth-order valence-corrected chi connectivity index (χ4v) is 1.68. The maximum Gasteiger partial charge on any atom is 0.410 e. The van der Waals surface area contributed by atoms with E-state index in [1.165, 1.54) is 0 Å². The predicted octanol–water partition coefficient (Wildman–Crippen LogP) is 1.76. The van der Waals surface area contributed by atoms with Gasteiger partial charge < -0.3 is 19.9 Å². The predicted molar refractivity (Wildman–Crippen MR) is 70.9 cm³/mol. The molecule has 0 saturated carbocycles. The summed E-state index contributed by atoms with van der Waals surface area (Å²) in [4.78, 5) is 32.8. The first kappa shape index (κ1) is 18.2. The minimum atomic E-state index is -0.900. The van der Waals surface area contributed by atoms with Crippen molar-refractivity contribution in [3.8, 4) is 0 Å². The van der Waals surface area contributed by atoms with Crippen molar-refractivity contribution in [3.63, 3.8) is 0 Å². The Balaban J connectivity index is 3.97. The molecule has 0 heterocycles. The fourth-order valence-electron chi connectivity index (χ4n) is 1.68. The molecule has 0 aromatic heterocycles. The molecule has 0 rings (SSSR count). The lowest BCUT2D eigenvalue weighted by Gasteiger charge is -2.17. The zero-order valence-corrected chi connectivity index (χ0v) is 12.2. The molecule has 0 radical (unpaired) electrons. The zero-order chi connectivity index (χ0) is 15.5. The Kier molecular flexibility index (Phi) is 9.15. The van der Waals surface area contributed by atoms with E-state index in [9.17, 15) is 14.4 Å². The van der Waals surface area contributed by atoms with Gasteiger partial charge in [0.1, 0.15) is 0 Å². The van der Waals surface area contributed by atoms with Crippen LogP contribution in [0.5, 0.6) is 0 Å². The Morgan fingerprint density at radius 2 is 1.85 bits per heavy atom. The molecular formula is C13H23NO6. The summed E-state index contributed by atoms with van der Waals surface area (Å²) < 4.78 is 9.22. The SMILES string of the molecule is CCC(=O)OCOC(=O)NCC(CC(=O)O)CC(C)C. The molecule has 0 fully saturated rings. The maximum absolute atomic E-state index is 11.3. The quantitative estimate of drug-likeness (QED) is 0.495. The first-order valence-corrected chi connectivity index (χ1v) is 6.63. The Hall–Kier alpha value is -1.79. The molecule has 0 saturated heterocycles. The van der Waals surface area contributed by atoms with Gasteiger partial charge in [-0.2, -0.15) is 0 Å². The minimum absolute atomic E-state index is 0.0106. The third-order valence-corrected chi connectivity index (χ3v) is 2.50. The van der Waals surface area contributed by atoms with Crippen LogP contribution >= 0.6 is 0 Å². The minimum Gasteiger partial charge on any atom is -0.481 e. The Morgan fingerprint density at radius 1 is 1.20 bits per heavy atom. The second kappa shape index (κ2) is 10.1. The van der Waals surface area contributed by atoms with Crippen LogP contribution in [0, 0.1) is 11.8 Å². The third kappa shape index (κ3) is 10.2. The molecular weight excluding hydrogens is 266 g/mol. The van der Waals surface area contributed by atoms with Crippen molar-refractivity contribution in [2.24, 2.45) is 11.8 Å². The van der Waals surface area contributed by atoms with Crippen molar-refractivity contribution in [2.45, 2.75) is 40.0 Å². The molecule has 0 aromatic carbocycles. The van der Waals surface area contributed by atoms with Crippen molar-refractivity contribution in [1.29, 1.82) is 0 Å². The van der Waals surface area contributed by atoms with E-state index >= 15 is 0 Å². The molecule has 116 valence electrons. The van der Waals surface area contributed by atoms with Crippen LogP contribution in [-0.2, 0) is 19.1 Å². The number of carbonyl (C=O) groups excluding carboxylic acids is 2.